The molecule has 4 rings (SSSR count). The minimum atomic E-state index is 0.479. The summed E-state index contributed by atoms with van der Waals surface area (Å²) in [4.78, 5) is 4.45. The Balaban J connectivity index is 1.60. The molecule has 0 aliphatic carbocycles. The fraction of sp³-hybridized carbons (Fsp3) is 0.111. The Kier molecular flexibility index (Phi) is 3.96. The normalized spacial score (nSPS) is 10.9. The molecule has 0 aliphatic heterocycles. The smallest absolute Gasteiger partial charge is 0.126 e. The van der Waals surface area contributed by atoms with Gasteiger partial charge >= 0.3 is 0 Å². The second kappa shape index (κ2) is 6.56. The molecule has 0 saturated carbocycles. The van der Waals surface area contributed by atoms with Gasteiger partial charge in [0.1, 0.15) is 5.82 Å². The van der Waals surface area contributed by atoms with Crippen LogP contribution < -0.4 is 11.1 Å². The quantitative estimate of drug-likeness (QED) is 0.583. The molecule has 7 heteroatoms. The van der Waals surface area contributed by atoms with Crippen molar-refractivity contribution in [3.8, 4) is 5.69 Å². The van der Waals surface area contributed by atoms with E-state index in [1.807, 2.05) is 48.7 Å². The van der Waals surface area contributed by atoms with Gasteiger partial charge in [0.15, 0.2) is 0 Å². The average molecular weight is 331 g/mol. The number of aromatic nitrogens is 5. The maximum atomic E-state index is 5.98. The highest BCUT2D eigenvalue weighted by atomic mass is 15.3. The molecule has 1 aromatic carbocycles. The Morgan fingerprint density at radius 3 is 2.84 bits per heavy atom. The number of rotatable bonds is 5. The monoisotopic (exact) mass is 331 g/mol. The van der Waals surface area contributed by atoms with Crippen molar-refractivity contribution in [2.75, 3.05) is 17.6 Å². The molecule has 0 aliphatic rings. The third-order valence-electron chi connectivity index (χ3n) is 3.91. The van der Waals surface area contributed by atoms with Gasteiger partial charge in [0, 0.05) is 48.7 Å². The predicted molar refractivity (Wildman–Crippen MR) is 97.5 cm³/mol. The first-order chi connectivity index (χ1) is 12.3. The minimum Gasteiger partial charge on any atom is -0.384 e. The Morgan fingerprint density at radius 1 is 1.08 bits per heavy atom. The largest absolute Gasteiger partial charge is 0.384 e. The molecule has 0 saturated heterocycles. The highest BCUT2D eigenvalue weighted by Crippen LogP contribution is 2.26. The highest BCUT2D eigenvalue weighted by molar-refractivity contribution is 5.93. The zero-order valence-electron chi connectivity index (χ0n) is 13.5. The van der Waals surface area contributed by atoms with Crippen molar-refractivity contribution in [2.45, 2.75) is 6.42 Å². The van der Waals surface area contributed by atoms with Crippen LogP contribution in [-0.4, -0.2) is 31.5 Å². The van der Waals surface area contributed by atoms with E-state index >= 15 is 0 Å². The van der Waals surface area contributed by atoms with Gasteiger partial charge in [-0.1, -0.05) is 0 Å². The molecular formula is C18H17N7. The average Bonchev–Trinajstić information content (AvgIpc) is 3.16. The van der Waals surface area contributed by atoms with Crippen LogP contribution in [0, 0.1) is 0 Å². The van der Waals surface area contributed by atoms with Crippen molar-refractivity contribution >= 4 is 22.4 Å². The van der Waals surface area contributed by atoms with Crippen molar-refractivity contribution < 1.29 is 0 Å². The third-order valence-corrected chi connectivity index (χ3v) is 3.91. The van der Waals surface area contributed by atoms with Gasteiger partial charge < -0.3 is 11.1 Å². The van der Waals surface area contributed by atoms with Crippen molar-refractivity contribution in [1.82, 2.24) is 25.0 Å². The van der Waals surface area contributed by atoms with Crippen molar-refractivity contribution in [3.05, 3.63) is 66.7 Å². The van der Waals surface area contributed by atoms with E-state index in [-0.39, 0.29) is 0 Å². The van der Waals surface area contributed by atoms with E-state index in [2.05, 4.69) is 25.6 Å². The molecule has 0 bridgehead atoms. The lowest BCUT2D eigenvalue weighted by Crippen LogP contribution is -2.08. The highest BCUT2D eigenvalue weighted by Gasteiger charge is 2.07. The number of nitrogens with zero attached hydrogens (tertiary/aromatic N) is 5. The van der Waals surface area contributed by atoms with Crippen molar-refractivity contribution in [3.63, 3.8) is 0 Å². The third kappa shape index (κ3) is 3.25. The second-order valence-electron chi connectivity index (χ2n) is 5.64. The fourth-order valence-corrected chi connectivity index (χ4v) is 2.74. The van der Waals surface area contributed by atoms with E-state index in [9.17, 15) is 0 Å². The number of nitrogen functional groups attached to an aromatic ring is 1. The first kappa shape index (κ1) is 15.1. The van der Waals surface area contributed by atoms with Crippen LogP contribution in [0.15, 0.2) is 61.1 Å². The fourth-order valence-electron chi connectivity index (χ4n) is 2.74. The predicted octanol–water partition coefficient (Wildman–Crippen LogP) is 2.45. The molecule has 7 nitrogen and oxygen atoms in total. The van der Waals surface area contributed by atoms with Crippen LogP contribution in [0.5, 0.6) is 0 Å². The van der Waals surface area contributed by atoms with Gasteiger partial charge in [0.2, 0.25) is 0 Å². The topological polar surface area (TPSA) is 94.5 Å². The summed E-state index contributed by atoms with van der Waals surface area (Å²) in [5.74, 6) is 0.479. The van der Waals surface area contributed by atoms with Crippen molar-refractivity contribution in [2.24, 2.45) is 0 Å². The molecule has 3 heterocycles. The number of anilines is 2. The van der Waals surface area contributed by atoms with E-state index in [0.717, 1.165) is 40.9 Å². The molecule has 0 spiro atoms. The van der Waals surface area contributed by atoms with Gasteiger partial charge in [0.25, 0.3) is 0 Å². The number of nitrogens with two attached hydrogens (primary N) is 1. The summed E-state index contributed by atoms with van der Waals surface area (Å²) in [6.07, 6.45) is 6.10. The van der Waals surface area contributed by atoms with E-state index in [1.54, 1.807) is 17.1 Å². The van der Waals surface area contributed by atoms with Gasteiger partial charge in [-0.2, -0.15) is 15.3 Å². The second-order valence-corrected chi connectivity index (χ2v) is 5.64. The van der Waals surface area contributed by atoms with Gasteiger partial charge in [-0.25, -0.2) is 9.67 Å². The maximum absolute atomic E-state index is 5.98. The van der Waals surface area contributed by atoms with Crippen molar-refractivity contribution in [1.29, 1.82) is 0 Å². The lowest BCUT2D eigenvalue weighted by molar-refractivity contribution is 0.881. The molecule has 0 amide bonds. The van der Waals surface area contributed by atoms with E-state index in [0.29, 0.717) is 5.82 Å². The molecule has 3 aromatic heterocycles. The molecule has 0 atom stereocenters. The summed E-state index contributed by atoms with van der Waals surface area (Å²) < 4.78 is 1.80. The van der Waals surface area contributed by atoms with Crippen LogP contribution in [0.1, 0.15) is 5.69 Å². The van der Waals surface area contributed by atoms with Gasteiger partial charge in [-0.05, 0) is 36.4 Å². The van der Waals surface area contributed by atoms with Gasteiger partial charge in [0.05, 0.1) is 16.9 Å². The van der Waals surface area contributed by atoms with Crippen LogP contribution in [0.4, 0.5) is 11.5 Å². The Labute approximate surface area is 144 Å². The zero-order chi connectivity index (χ0) is 17.1. The first-order valence-electron chi connectivity index (χ1n) is 8.00. The van der Waals surface area contributed by atoms with Crippen LogP contribution >= 0.6 is 0 Å². The lowest BCUT2D eigenvalue weighted by atomic mass is 10.1. The molecule has 0 radical (unpaired) electrons. The Morgan fingerprint density at radius 2 is 2.04 bits per heavy atom. The molecule has 124 valence electrons. The summed E-state index contributed by atoms with van der Waals surface area (Å²) >= 11 is 0. The van der Waals surface area contributed by atoms with Gasteiger partial charge in [-0.3, -0.25) is 0 Å². The Hall–Kier alpha value is -3.48. The number of hydrogen-bond donors (Lipinski definition) is 2. The van der Waals surface area contributed by atoms with Crippen LogP contribution in [-0.2, 0) is 6.42 Å². The Bertz CT molecular complexity index is 981. The van der Waals surface area contributed by atoms with Crippen LogP contribution in [0.3, 0.4) is 0 Å². The van der Waals surface area contributed by atoms with E-state index < -0.39 is 0 Å². The van der Waals surface area contributed by atoms with Crippen LogP contribution in [0.25, 0.3) is 16.6 Å². The minimum absolute atomic E-state index is 0.479. The molecule has 0 unspecified atom stereocenters. The standard InChI is InChI=1S/C18H17N7/c19-18-12-16(20-9-6-13-3-1-7-21-24-13)15-5-4-14(11-17(15)23-18)25-10-2-8-22-25/h1-5,7-8,10-12H,6,9H2,(H3,19,20,23). The van der Waals surface area contributed by atoms with E-state index in [4.69, 9.17) is 5.73 Å². The zero-order valence-corrected chi connectivity index (χ0v) is 13.5. The summed E-state index contributed by atoms with van der Waals surface area (Å²) in [6, 6.07) is 13.6. The molecule has 3 N–H and O–H groups in total. The van der Waals surface area contributed by atoms with Gasteiger partial charge in [-0.15, -0.1) is 0 Å². The number of hydrogen-bond acceptors (Lipinski definition) is 6. The summed E-state index contributed by atoms with van der Waals surface area (Å²) in [7, 11) is 0. The number of nitrogens with one attached hydrogen (secondary N) is 1. The number of fused-ring (bicyclic) bond motifs is 1. The first-order valence-corrected chi connectivity index (χ1v) is 8.00. The van der Waals surface area contributed by atoms with E-state index in [1.165, 1.54) is 0 Å². The van der Waals surface area contributed by atoms with Crippen LogP contribution in [0.2, 0.25) is 0 Å². The molecule has 0 fully saturated rings. The molecule has 4 aromatic rings. The maximum Gasteiger partial charge on any atom is 0.126 e. The summed E-state index contributed by atoms with van der Waals surface area (Å²) in [5.41, 5.74) is 9.66. The molecule has 25 heavy (non-hydrogen) atoms. The SMILES string of the molecule is Nc1cc(NCCc2cccnn2)c2ccc(-n3cccn3)cc2n1. The number of pyridine rings is 1. The summed E-state index contributed by atoms with van der Waals surface area (Å²) in [5, 5.41) is 16.7. The summed E-state index contributed by atoms with van der Waals surface area (Å²) in [6.45, 7) is 0.734. The lowest BCUT2D eigenvalue weighted by Gasteiger charge is -2.11. The number of benzene rings is 1. The molecular weight excluding hydrogens is 314 g/mol.